The van der Waals surface area contributed by atoms with Gasteiger partial charge in [-0.2, -0.15) is 5.26 Å². The van der Waals surface area contributed by atoms with Crippen LogP contribution in [-0.2, 0) is 32.0 Å². The maximum Gasteiger partial charge on any atom is 0.510 e. The summed E-state index contributed by atoms with van der Waals surface area (Å²) in [7, 11) is 0. The van der Waals surface area contributed by atoms with Gasteiger partial charge in [0.05, 0.1) is 35.4 Å². The summed E-state index contributed by atoms with van der Waals surface area (Å²) in [6.07, 6.45) is 6.88. The van der Waals surface area contributed by atoms with Crippen LogP contribution < -0.4 is 10.6 Å². The van der Waals surface area contributed by atoms with Gasteiger partial charge in [0, 0.05) is 49.3 Å². The van der Waals surface area contributed by atoms with Crippen molar-refractivity contribution in [2.75, 3.05) is 38.3 Å². The second kappa shape index (κ2) is 17.7. The summed E-state index contributed by atoms with van der Waals surface area (Å²) in [5, 5.41) is 29.6. The summed E-state index contributed by atoms with van der Waals surface area (Å²) in [6, 6.07) is 11.0. The monoisotopic (exact) mass is 695 g/mol. The molecule has 1 saturated carbocycles. The Kier molecular flexibility index (Phi) is 13.1. The quantitative estimate of drug-likeness (QED) is 0.191. The molecule has 0 bridgehead atoms. The van der Waals surface area contributed by atoms with Crippen LogP contribution in [0.2, 0.25) is 5.02 Å². The first-order valence-electron chi connectivity index (χ1n) is 17.1. The molecule has 2 fully saturated rings. The molecule has 1 saturated heterocycles. The summed E-state index contributed by atoms with van der Waals surface area (Å²) in [4.78, 5) is 22.2. The van der Waals surface area contributed by atoms with E-state index in [4.69, 9.17) is 35.5 Å². The maximum atomic E-state index is 11.5. The summed E-state index contributed by atoms with van der Waals surface area (Å²) in [5.74, 6) is 1.67. The second-order valence-electron chi connectivity index (χ2n) is 12.9. The molecule has 15 heteroatoms. The molecular weight excluding hydrogens is 650 g/mol. The Morgan fingerprint density at radius 1 is 1.22 bits per heavy atom. The number of hydrogen-bond acceptors (Lipinski definition) is 13. The molecule has 1 aliphatic heterocycles. The van der Waals surface area contributed by atoms with E-state index in [1.807, 2.05) is 18.2 Å². The zero-order valence-corrected chi connectivity index (χ0v) is 29.2. The van der Waals surface area contributed by atoms with E-state index in [9.17, 15) is 10.1 Å². The molecule has 264 valence electrons. The highest BCUT2D eigenvalue weighted by atomic mass is 35.5. The van der Waals surface area contributed by atoms with Crippen LogP contribution >= 0.6 is 11.6 Å². The zero-order valence-electron chi connectivity index (χ0n) is 28.4. The predicted molar refractivity (Wildman–Crippen MR) is 181 cm³/mol. The third-order valence-electron chi connectivity index (χ3n) is 9.02. The standard InChI is InChI=1S/C34H46ClN9O5/c1-4-48-33(45)49-24(3)44-42-32(41-43-44)20-47-19-23(2)39-26-10-8-25(9-11-26)16-27-17-28(29(35)18-37-27)30-6-5-7-31(40-30)38-22-34(21-36)12-14-46-15-13-34/h5-7,17-18,23-26,39H,4,8-16,19-20,22H2,1-3H3,(H,38,40)/t23-,24-,25?,26?/m1/s1. The van der Waals surface area contributed by atoms with Crippen molar-refractivity contribution in [2.45, 2.75) is 90.6 Å². The summed E-state index contributed by atoms with van der Waals surface area (Å²) >= 11 is 6.62. The SMILES string of the molecule is CCOC(=O)O[C@H](C)n1nnc(COC[C@@H](C)NC2CCC(Cc3cc(-c4cccc(NCC5(C#N)CCOCC5)n4)c(Cl)cn3)CC2)n1. The lowest BCUT2D eigenvalue weighted by Gasteiger charge is -2.31. The highest BCUT2D eigenvalue weighted by Crippen LogP contribution is 2.33. The minimum atomic E-state index is -0.781. The van der Waals surface area contributed by atoms with Crippen LogP contribution in [-0.4, -0.2) is 81.4 Å². The Labute approximate surface area is 292 Å². The molecule has 0 unspecified atom stereocenters. The molecule has 5 rings (SSSR count). The van der Waals surface area contributed by atoms with Gasteiger partial charge in [-0.15, -0.1) is 15.0 Å². The van der Waals surface area contributed by atoms with Crippen LogP contribution in [0.4, 0.5) is 10.6 Å². The van der Waals surface area contributed by atoms with Crippen LogP contribution in [0.3, 0.4) is 0 Å². The van der Waals surface area contributed by atoms with Crippen LogP contribution in [0.15, 0.2) is 30.5 Å². The Morgan fingerprint density at radius 3 is 2.78 bits per heavy atom. The Morgan fingerprint density at radius 2 is 2.02 bits per heavy atom. The fourth-order valence-corrected chi connectivity index (χ4v) is 6.44. The maximum absolute atomic E-state index is 11.5. The van der Waals surface area contributed by atoms with Crippen molar-refractivity contribution in [3.05, 3.63) is 47.0 Å². The Bertz CT molecular complexity index is 1550. The molecule has 0 radical (unpaired) electrons. The number of halogens is 1. The lowest BCUT2D eigenvalue weighted by Crippen LogP contribution is -2.41. The van der Waals surface area contributed by atoms with Gasteiger partial charge in [-0.25, -0.2) is 9.78 Å². The number of ether oxygens (including phenoxy) is 4. The fraction of sp³-hybridized carbons (Fsp3) is 0.618. The highest BCUT2D eigenvalue weighted by Gasteiger charge is 2.32. The number of hydrogen-bond donors (Lipinski definition) is 2. The van der Waals surface area contributed by atoms with Crippen molar-refractivity contribution in [1.82, 2.24) is 35.5 Å². The molecule has 14 nitrogen and oxygen atoms in total. The van der Waals surface area contributed by atoms with Gasteiger partial charge in [0.1, 0.15) is 12.4 Å². The van der Waals surface area contributed by atoms with Gasteiger partial charge < -0.3 is 29.6 Å². The Hall–Kier alpha value is -3.90. The number of anilines is 1. The van der Waals surface area contributed by atoms with Crippen molar-refractivity contribution in [3.8, 4) is 17.3 Å². The predicted octanol–water partition coefficient (Wildman–Crippen LogP) is 5.50. The number of nitrogens with one attached hydrogen (secondary N) is 2. The van der Waals surface area contributed by atoms with Crippen molar-refractivity contribution < 1.29 is 23.7 Å². The van der Waals surface area contributed by atoms with E-state index in [1.165, 1.54) is 4.80 Å². The molecular formula is C34H46ClN9O5. The van der Waals surface area contributed by atoms with Crippen molar-refractivity contribution in [2.24, 2.45) is 11.3 Å². The molecule has 3 aromatic rings. The van der Waals surface area contributed by atoms with Gasteiger partial charge >= 0.3 is 6.16 Å². The average molecular weight is 696 g/mol. The number of rotatable bonds is 15. The van der Waals surface area contributed by atoms with E-state index >= 15 is 0 Å². The number of tetrazole rings is 1. The summed E-state index contributed by atoms with van der Waals surface area (Å²) in [5.41, 5.74) is 2.20. The van der Waals surface area contributed by atoms with Crippen molar-refractivity contribution in [3.63, 3.8) is 0 Å². The van der Waals surface area contributed by atoms with E-state index < -0.39 is 17.8 Å². The largest absolute Gasteiger partial charge is 0.510 e. The van der Waals surface area contributed by atoms with Crippen molar-refractivity contribution >= 4 is 23.6 Å². The van der Waals surface area contributed by atoms with Gasteiger partial charge in [0.25, 0.3) is 0 Å². The molecule has 0 amide bonds. The molecule has 2 atom stereocenters. The minimum Gasteiger partial charge on any atom is -0.435 e. The van der Waals surface area contributed by atoms with Crippen LogP contribution in [0.1, 0.15) is 77.0 Å². The van der Waals surface area contributed by atoms with Crippen LogP contribution in [0.25, 0.3) is 11.3 Å². The average Bonchev–Trinajstić information content (AvgIpc) is 3.59. The second-order valence-corrected chi connectivity index (χ2v) is 13.3. The smallest absolute Gasteiger partial charge is 0.435 e. The highest BCUT2D eigenvalue weighted by molar-refractivity contribution is 6.33. The number of carbonyl (C=O) groups is 1. The third-order valence-corrected chi connectivity index (χ3v) is 9.32. The Balaban J connectivity index is 1.04. The topological polar surface area (TPSA) is 171 Å². The van der Waals surface area contributed by atoms with Gasteiger partial charge in [-0.3, -0.25) is 4.98 Å². The molecule has 0 aromatic carbocycles. The van der Waals surface area contributed by atoms with E-state index in [0.29, 0.717) is 62.0 Å². The first kappa shape index (κ1) is 36.4. The van der Waals surface area contributed by atoms with E-state index in [-0.39, 0.29) is 19.3 Å². The molecule has 2 aliphatic rings. The van der Waals surface area contributed by atoms with Crippen LogP contribution in [0.5, 0.6) is 0 Å². The van der Waals surface area contributed by atoms with Gasteiger partial charge in [0.15, 0.2) is 0 Å². The molecule has 3 aromatic heterocycles. The van der Waals surface area contributed by atoms with E-state index in [1.54, 1.807) is 20.0 Å². The number of carbonyl (C=O) groups excluding carboxylic acids is 1. The lowest BCUT2D eigenvalue weighted by atomic mass is 9.82. The zero-order chi connectivity index (χ0) is 34.6. The number of nitrogens with zero attached hydrogens (tertiary/aromatic N) is 7. The fourth-order valence-electron chi connectivity index (χ4n) is 6.24. The van der Waals surface area contributed by atoms with Crippen LogP contribution in [0, 0.1) is 22.7 Å². The molecule has 49 heavy (non-hydrogen) atoms. The van der Waals surface area contributed by atoms with Gasteiger partial charge in [-0.1, -0.05) is 17.7 Å². The summed E-state index contributed by atoms with van der Waals surface area (Å²) < 4.78 is 21.1. The third kappa shape index (κ3) is 10.5. The van der Waals surface area contributed by atoms with Gasteiger partial charge in [0.2, 0.25) is 12.1 Å². The minimum absolute atomic E-state index is 0.156. The summed E-state index contributed by atoms with van der Waals surface area (Å²) in [6.45, 7) is 8.11. The molecule has 2 N–H and O–H groups in total. The van der Waals surface area contributed by atoms with Gasteiger partial charge in [-0.05, 0) is 95.0 Å². The molecule has 4 heterocycles. The molecule has 0 spiro atoms. The first-order valence-corrected chi connectivity index (χ1v) is 17.4. The van der Waals surface area contributed by atoms with Crippen molar-refractivity contribution in [1.29, 1.82) is 5.26 Å². The first-order chi connectivity index (χ1) is 23.8. The number of aromatic nitrogens is 6. The molecule has 1 aliphatic carbocycles. The van der Waals surface area contributed by atoms with E-state index in [0.717, 1.165) is 54.9 Å². The number of nitriles is 1. The lowest BCUT2D eigenvalue weighted by molar-refractivity contribution is -0.00552. The number of pyridine rings is 2. The normalized spacial score (nSPS) is 20.1. The van der Waals surface area contributed by atoms with E-state index in [2.05, 4.69) is 50.1 Å².